The molecule has 2 saturated heterocycles. The number of aliphatic imine (C=N–C) groups is 1. The first-order valence-corrected chi connectivity index (χ1v) is 12.5. The Morgan fingerprint density at radius 1 is 1.10 bits per heavy atom. The van der Waals surface area contributed by atoms with E-state index in [1.165, 1.54) is 11.8 Å². The number of aryl methyl sites for hydroxylation is 1. The predicted molar refractivity (Wildman–Crippen MR) is 120 cm³/mol. The van der Waals surface area contributed by atoms with E-state index in [1.807, 2.05) is 60.4 Å². The fourth-order valence-corrected chi connectivity index (χ4v) is 7.74. The average molecular weight is 445 g/mol. The Balaban J connectivity index is 1.55. The first kappa shape index (κ1) is 20.9. The highest BCUT2D eigenvalue weighted by molar-refractivity contribution is 8.15. The molecule has 2 aliphatic rings. The smallest absolute Gasteiger partial charge is 0.252 e. The molecule has 0 aromatic heterocycles. The number of carbonyl (C=O) groups excluding carboxylic acids is 1. The van der Waals surface area contributed by atoms with E-state index in [1.54, 1.807) is 7.11 Å². The summed E-state index contributed by atoms with van der Waals surface area (Å²) < 4.78 is 29.5. The van der Waals surface area contributed by atoms with Gasteiger partial charge in [0.25, 0.3) is 5.91 Å². The first-order chi connectivity index (χ1) is 14.3. The zero-order chi connectivity index (χ0) is 21.3. The van der Waals surface area contributed by atoms with Crippen molar-refractivity contribution in [3.05, 3.63) is 65.2 Å². The maximum Gasteiger partial charge on any atom is 0.252 e. The van der Waals surface area contributed by atoms with E-state index in [9.17, 15) is 13.2 Å². The van der Waals surface area contributed by atoms with Crippen LogP contribution in [0.3, 0.4) is 0 Å². The second kappa shape index (κ2) is 8.43. The number of benzene rings is 2. The molecule has 2 fully saturated rings. The van der Waals surface area contributed by atoms with Crippen molar-refractivity contribution >= 4 is 32.7 Å². The molecule has 0 bridgehead atoms. The number of carbonyl (C=O) groups is 1. The number of hydrogen-bond acceptors (Lipinski definition) is 5. The third-order valence-electron chi connectivity index (χ3n) is 5.38. The van der Waals surface area contributed by atoms with E-state index in [0.29, 0.717) is 11.7 Å². The topological polar surface area (TPSA) is 76.0 Å². The number of sulfone groups is 1. The van der Waals surface area contributed by atoms with Crippen molar-refractivity contribution < 1.29 is 17.9 Å². The molecule has 2 heterocycles. The van der Waals surface area contributed by atoms with Crippen molar-refractivity contribution in [1.29, 1.82) is 0 Å². The standard InChI is InChI=1S/C22H24N2O4S2/c1-15-3-5-16(6-4-15)11-21(25)23-22-24(12-17-7-9-18(28-2)10-8-17)19-13-30(26,27)14-20(19)29-22/h3-10,19-20H,11-14H2,1-2H3/t19-,20-/m0/s1. The summed E-state index contributed by atoms with van der Waals surface area (Å²) in [5.41, 5.74) is 3.08. The van der Waals surface area contributed by atoms with Gasteiger partial charge in [-0.1, -0.05) is 53.7 Å². The van der Waals surface area contributed by atoms with Gasteiger partial charge in [-0.3, -0.25) is 4.79 Å². The normalized spacial score (nSPS) is 23.5. The molecule has 2 aromatic rings. The Labute approximate surface area is 181 Å². The molecule has 2 atom stereocenters. The lowest BCUT2D eigenvalue weighted by Crippen LogP contribution is -2.37. The number of amides is 1. The molecule has 1 amide bonds. The lowest BCUT2D eigenvalue weighted by atomic mass is 10.1. The Morgan fingerprint density at radius 2 is 1.77 bits per heavy atom. The molecule has 2 aliphatic heterocycles. The van der Waals surface area contributed by atoms with Crippen molar-refractivity contribution in [3.63, 3.8) is 0 Å². The third kappa shape index (κ3) is 4.70. The molecule has 0 saturated carbocycles. The first-order valence-electron chi connectivity index (χ1n) is 9.77. The Morgan fingerprint density at radius 3 is 2.43 bits per heavy atom. The number of fused-ring (bicyclic) bond motifs is 1. The molecule has 2 aromatic carbocycles. The molecule has 0 aliphatic carbocycles. The van der Waals surface area contributed by atoms with Gasteiger partial charge < -0.3 is 9.64 Å². The molecule has 158 valence electrons. The maximum atomic E-state index is 12.6. The lowest BCUT2D eigenvalue weighted by molar-refractivity contribution is -0.117. The third-order valence-corrected chi connectivity index (χ3v) is 8.63. The lowest BCUT2D eigenvalue weighted by Gasteiger charge is -2.24. The highest BCUT2D eigenvalue weighted by Crippen LogP contribution is 2.39. The molecular formula is C22H24N2O4S2. The van der Waals surface area contributed by atoms with E-state index in [-0.39, 0.29) is 35.1 Å². The number of thioether (sulfide) groups is 1. The summed E-state index contributed by atoms with van der Waals surface area (Å²) in [6.07, 6.45) is 0.231. The van der Waals surface area contributed by atoms with Gasteiger partial charge in [-0.2, -0.15) is 4.99 Å². The molecular weight excluding hydrogens is 420 g/mol. The summed E-state index contributed by atoms with van der Waals surface area (Å²) in [5, 5.41) is 0.534. The minimum atomic E-state index is -3.07. The number of hydrogen-bond donors (Lipinski definition) is 0. The monoisotopic (exact) mass is 444 g/mol. The fourth-order valence-electron chi connectivity index (χ4n) is 3.77. The Kier molecular flexibility index (Phi) is 5.88. The second-order valence-corrected chi connectivity index (χ2v) is 11.1. The number of amidine groups is 1. The van der Waals surface area contributed by atoms with Crippen molar-refractivity contribution in [1.82, 2.24) is 4.90 Å². The number of methoxy groups -OCH3 is 1. The van der Waals surface area contributed by atoms with Crippen LogP contribution in [0.4, 0.5) is 0 Å². The predicted octanol–water partition coefficient (Wildman–Crippen LogP) is 2.84. The zero-order valence-electron chi connectivity index (χ0n) is 16.9. The van der Waals surface area contributed by atoms with Gasteiger partial charge >= 0.3 is 0 Å². The number of nitrogens with zero attached hydrogens (tertiary/aromatic N) is 2. The molecule has 0 spiro atoms. The van der Waals surface area contributed by atoms with Gasteiger partial charge in [0.05, 0.1) is 31.1 Å². The van der Waals surface area contributed by atoms with Gasteiger partial charge in [0.15, 0.2) is 15.0 Å². The summed E-state index contributed by atoms with van der Waals surface area (Å²) >= 11 is 1.41. The van der Waals surface area contributed by atoms with Crippen LogP contribution in [0.25, 0.3) is 0 Å². The van der Waals surface area contributed by atoms with Crippen molar-refractivity contribution in [2.75, 3.05) is 18.6 Å². The van der Waals surface area contributed by atoms with E-state index in [2.05, 4.69) is 4.99 Å². The van der Waals surface area contributed by atoms with E-state index >= 15 is 0 Å². The highest BCUT2D eigenvalue weighted by Gasteiger charge is 2.48. The Bertz CT molecular complexity index is 1060. The van der Waals surface area contributed by atoms with Gasteiger partial charge in [-0.05, 0) is 30.2 Å². The number of ether oxygens (including phenoxy) is 1. The van der Waals surface area contributed by atoms with Crippen LogP contribution in [0.2, 0.25) is 0 Å². The van der Waals surface area contributed by atoms with Gasteiger partial charge in [-0.25, -0.2) is 8.42 Å². The quantitative estimate of drug-likeness (QED) is 0.706. The second-order valence-electron chi connectivity index (χ2n) is 7.73. The molecule has 30 heavy (non-hydrogen) atoms. The van der Waals surface area contributed by atoms with Crippen LogP contribution >= 0.6 is 11.8 Å². The summed E-state index contributed by atoms with van der Waals surface area (Å²) in [7, 11) is -1.45. The SMILES string of the molecule is COc1ccc(CN2C(=NC(=O)Cc3ccc(C)cc3)S[C@H]3CS(=O)(=O)C[C@@H]32)cc1. The molecule has 4 rings (SSSR count). The molecule has 0 N–H and O–H groups in total. The van der Waals surface area contributed by atoms with E-state index in [4.69, 9.17) is 4.74 Å². The molecule has 0 unspecified atom stereocenters. The zero-order valence-corrected chi connectivity index (χ0v) is 18.6. The van der Waals surface area contributed by atoms with E-state index in [0.717, 1.165) is 22.4 Å². The van der Waals surface area contributed by atoms with Crippen LogP contribution in [0.5, 0.6) is 5.75 Å². The van der Waals surface area contributed by atoms with Crippen molar-refractivity contribution in [2.24, 2.45) is 4.99 Å². The van der Waals surface area contributed by atoms with Gasteiger partial charge in [0, 0.05) is 11.8 Å². The highest BCUT2D eigenvalue weighted by atomic mass is 32.2. The maximum absolute atomic E-state index is 12.6. The van der Waals surface area contributed by atoms with Crippen LogP contribution in [-0.2, 0) is 27.6 Å². The fraction of sp³-hybridized carbons (Fsp3) is 0.364. The van der Waals surface area contributed by atoms with Crippen molar-refractivity contribution in [2.45, 2.75) is 31.2 Å². The summed E-state index contributed by atoms with van der Waals surface area (Å²) in [4.78, 5) is 19.0. The summed E-state index contributed by atoms with van der Waals surface area (Å²) in [5.74, 6) is 0.778. The van der Waals surface area contributed by atoms with Crippen LogP contribution in [0.15, 0.2) is 53.5 Å². The van der Waals surface area contributed by atoms with Crippen molar-refractivity contribution in [3.8, 4) is 5.75 Å². The minimum Gasteiger partial charge on any atom is -0.497 e. The van der Waals surface area contributed by atoms with Crippen LogP contribution in [0.1, 0.15) is 16.7 Å². The van der Waals surface area contributed by atoms with Gasteiger partial charge in [0.1, 0.15) is 5.75 Å². The van der Waals surface area contributed by atoms with E-state index < -0.39 is 9.84 Å². The Hall–Kier alpha value is -2.32. The number of rotatable bonds is 5. The largest absolute Gasteiger partial charge is 0.497 e. The van der Waals surface area contributed by atoms with Crippen LogP contribution < -0.4 is 4.74 Å². The summed E-state index contributed by atoms with van der Waals surface area (Å²) in [6, 6.07) is 15.3. The van der Waals surface area contributed by atoms with Crippen LogP contribution in [0, 0.1) is 6.92 Å². The van der Waals surface area contributed by atoms with Crippen LogP contribution in [-0.4, -0.2) is 54.3 Å². The minimum absolute atomic E-state index is 0.0841. The summed E-state index contributed by atoms with van der Waals surface area (Å²) in [6.45, 7) is 2.51. The molecule has 8 heteroatoms. The van der Waals surface area contributed by atoms with Gasteiger partial charge in [0.2, 0.25) is 0 Å². The molecule has 0 radical (unpaired) electrons. The van der Waals surface area contributed by atoms with Gasteiger partial charge in [-0.15, -0.1) is 0 Å². The average Bonchev–Trinajstić information content (AvgIpc) is 3.16. The molecule has 6 nitrogen and oxygen atoms in total.